The first-order valence-electron chi connectivity index (χ1n) is 10.5. The van der Waals surface area contributed by atoms with Gasteiger partial charge in [0.05, 0.1) is 26.9 Å². The van der Waals surface area contributed by atoms with Crippen molar-refractivity contribution in [1.29, 1.82) is 0 Å². The highest BCUT2D eigenvalue weighted by Crippen LogP contribution is 2.31. The van der Waals surface area contributed by atoms with Gasteiger partial charge in [0.25, 0.3) is 6.01 Å². The van der Waals surface area contributed by atoms with Gasteiger partial charge in [0.1, 0.15) is 0 Å². The molecule has 0 spiro atoms. The van der Waals surface area contributed by atoms with Gasteiger partial charge < -0.3 is 10.1 Å². The fourth-order valence-corrected chi connectivity index (χ4v) is 5.81. The highest BCUT2D eigenvalue weighted by Gasteiger charge is 2.19. The number of nitrogens with one attached hydrogen (secondary N) is 1. The van der Waals surface area contributed by atoms with E-state index in [2.05, 4.69) is 15.0 Å². The summed E-state index contributed by atoms with van der Waals surface area (Å²) in [7, 11) is -3.30. The molecule has 0 aliphatic rings. The second-order valence-electron chi connectivity index (χ2n) is 7.82. The molecule has 0 radical (unpaired) electrons. The number of rotatable bonds is 7. The van der Waals surface area contributed by atoms with E-state index in [0.29, 0.717) is 26.8 Å². The second-order valence-corrected chi connectivity index (χ2v) is 10.3. The molecular weight excluding hydrogens is 446 g/mol. The number of sulfone groups is 1. The van der Waals surface area contributed by atoms with Crippen molar-refractivity contribution in [3.63, 3.8) is 0 Å². The van der Waals surface area contributed by atoms with Crippen molar-refractivity contribution < 1.29 is 13.5 Å². The molecule has 32 heavy (non-hydrogen) atoms. The Morgan fingerprint density at radius 1 is 0.938 bits per heavy atom. The van der Waals surface area contributed by atoms with Crippen molar-refractivity contribution in [2.75, 3.05) is 5.75 Å². The molecule has 8 heteroatoms. The van der Waals surface area contributed by atoms with E-state index in [1.807, 2.05) is 50.2 Å². The molecule has 166 valence electrons. The lowest BCUT2D eigenvalue weighted by molar-refractivity contribution is 0.438. The van der Waals surface area contributed by atoms with E-state index < -0.39 is 9.84 Å². The molecular formula is C24H24ClN3O3S. The van der Waals surface area contributed by atoms with Crippen LogP contribution >= 0.6 is 11.6 Å². The number of H-pyrrole nitrogens is 1. The molecule has 0 fully saturated rings. The average molecular weight is 470 g/mol. The van der Waals surface area contributed by atoms with Crippen molar-refractivity contribution in [1.82, 2.24) is 15.0 Å². The lowest BCUT2D eigenvalue weighted by Crippen LogP contribution is -2.15. The molecule has 0 amide bonds. The summed E-state index contributed by atoms with van der Waals surface area (Å²) in [5.74, 6) is 0.359. The third-order valence-electron chi connectivity index (χ3n) is 5.73. The smallest absolute Gasteiger partial charge is 0.293 e. The van der Waals surface area contributed by atoms with Crippen LogP contribution in [0.3, 0.4) is 0 Å². The maximum atomic E-state index is 12.7. The van der Waals surface area contributed by atoms with Crippen LogP contribution in [0.25, 0.3) is 33.5 Å². The molecule has 2 aromatic carbocycles. The van der Waals surface area contributed by atoms with Crippen LogP contribution in [-0.2, 0) is 9.84 Å². The SMILES string of the molecule is CCC(CC)CS(=O)(=O)c1ccc(-c2ccc(-c3nc4nc(O)[nH]c4cc3Cl)cc2)cc1. The highest BCUT2D eigenvalue weighted by molar-refractivity contribution is 7.91. The number of hydrogen-bond acceptors (Lipinski definition) is 5. The Kier molecular flexibility index (Phi) is 6.22. The zero-order chi connectivity index (χ0) is 22.9. The van der Waals surface area contributed by atoms with Crippen molar-refractivity contribution in [2.24, 2.45) is 5.92 Å². The quantitative estimate of drug-likeness (QED) is 0.353. The zero-order valence-corrected chi connectivity index (χ0v) is 19.4. The second kappa shape index (κ2) is 8.92. The maximum absolute atomic E-state index is 12.7. The minimum atomic E-state index is -3.30. The van der Waals surface area contributed by atoms with Crippen molar-refractivity contribution >= 4 is 32.6 Å². The van der Waals surface area contributed by atoms with Gasteiger partial charge in [-0.15, -0.1) is 0 Å². The number of aromatic amines is 1. The molecule has 0 unspecified atom stereocenters. The molecule has 2 heterocycles. The highest BCUT2D eigenvalue weighted by atomic mass is 35.5. The predicted molar refractivity (Wildman–Crippen MR) is 128 cm³/mol. The molecule has 6 nitrogen and oxygen atoms in total. The van der Waals surface area contributed by atoms with Gasteiger partial charge in [0.2, 0.25) is 0 Å². The molecule has 0 saturated heterocycles. The zero-order valence-electron chi connectivity index (χ0n) is 17.8. The molecule has 0 aliphatic carbocycles. The summed E-state index contributed by atoms with van der Waals surface area (Å²) in [5, 5.41) is 9.97. The van der Waals surface area contributed by atoms with Gasteiger partial charge in [0.15, 0.2) is 15.5 Å². The fourth-order valence-electron chi connectivity index (χ4n) is 3.71. The Bertz CT molecular complexity index is 1340. The van der Waals surface area contributed by atoms with Crippen LogP contribution < -0.4 is 0 Å². The van der Waals surface area contributed by atoms with E-state index >= 15 is 0 Å². The summed E-state index contributed by atoms with van der Waals surface area (Å²) in [4.78, 5) is 11.4. The first-order chi connectivity index (χ1) is 15.3. The van der Waals surface area contributed by atoms with Gasteiger partial charge in [0, 0.05) is 5.56 Å². The van der Waals surface area contributed by atoms with E-state index in [4.69, 9.17) is 11.6 Å². The summed E-state index contributed by atoms with van der Waals surface area (Å²) in [6.45, 7) is 4.05. The number of hydrogen-bond donors (Lipinski definition) is 2. The van der Waals surface area contributed by atoms with Crippen LogP contribution in [0.1, 0.15) is 26.7 Å². The van der Waals surface area contributed by atoms with Crippen LogP contribution in [-0.4, -0.2) is 34.2 Å². The summed E-state index contributed by atoms with van der Waals surface area (Å²) < 4.78 is 25.4. The van der Waals surface area contributed by atoms with Gasteiger partial charge in [-0.3, -0.25) is 0 Å². The Balaban J connectivity index is 1.58. The first kappa shape index (κ1) is 22.3. The van der Waals surface area contributed by atoms with E-state index in [1.165, 1.54) is 0 Å². The molecule has 0 bridgehead atoms. The van der Waals surface area contributed by atoms with Gasteiger partial charge in [-0.05, 0) is 35.2 Å². The number of halogens is 1. The Morgan fingerprint density at radius 2 is 1.50 bits per heavy atom. The minimum Gasteiger partial charge on any atom is -0.480 e. The van der Waals surface area contributed by atoms with Gasteiger partial charge in [-0.25, -0.2) is 13.4 Å². The number of imidazole rings is 1. The summed E-state index contributed by atoms with van der Waals surface area (Å²) >= 11 is 6.37. The Labute approximate surface area is 192 Å². The molecule has 2 aromatic heterocycles. The fraction of sp³-hybridized carbons (Fsp3) is 0.250. The molecule has 0 aliphatic heterocycles. The summed E-state index contributed by atoms with van der Waals surface area (Å²) in [6.07, 6.45) is 1.71. The number of aromatic nitrogens is 3. The topological polar surface area (TPSA) is 95.9 Å². The Morgan fingerprint density at radius 3 is 2.09 bits per heavy atom. The number of benzene rings is 2. The lowest BCUT2D eigenvalue weighted by atomic mass is 10.0. The predicted octanol–water partition coefficient (Wildman–Crippen LogP) is 5.86. The van der Waals surface area contributed by atoms with Crippen molar-refractivity contribution in [3.05, 3.63) is 59.6 Å². The van der Waals surface area contributed by atoms with Crippen LogP contribution in [0.4, 0.5) is 0 Å². The minimum absolute atomic E-state index is 0.178. The average Bonchev–Trinajstić information content (AvgIpc) is 3.16. The van der Waals surface area contributed by atoms with Gasteiger partial charge >= 0.3 is 0 Å². The third-order valence-corrected chi connectivity index (χ3v) is 7.92. The van der Waals surface area contributed by atoms with Crippen LogP contribution in [0, 0.1) is 5.92 Å². The van der Waals surface area contributed by atoms with E-state index in [-0.39, 0.29) is 17.7 Å². The van der Waals surface area contributed by atoms with E-state index in [9.17, 15) is 13.5 Å². The monoisotopic (exact) mass is 469 g/mol. The van der Waals surface area contributed by atoms with Crippen LogP contribution in [0.5, 0.6) is 6.01 Å². The Hall–Kier alpha value is -2.90. The van der Waals surface area contributed by atoms with E-state index in [1.54, 1.807) is 18.2 Å². The number of fused-ring (bicyclic) bond motifs is 1. The lowest BCUT2D eigenvalue weighted by Gasteiger charge is -2.13. The van der Waals surface area contributed by atoms with Crippen LogP contribution in [0.2, 0.25) is 5.02 Å². The molecule has 4 aromatic rings. The standard InChI is InChI=1S/C24H24ClN3O3S/c1-3-15(4-2)14-32(30,31)19-11-9-17(10-12-19)16-5-7-18(8-6-16)22-20(25)13-21-23(27-22)28-24(29)26-21/h5-13,15H,3-4,14H2,1-2H3,(H2,26,27,28,29). The van der Waals surface area contributed by atoms with E-state index in [0.717, 1.165) is 29.5 Å². The van der Waals surface area contributed by atoms with Gasteiger partial charge in [-0.2, -0.15) is 4.98 Å². The maximum Gasteiger partial charge on any atom is 0.293 e. The summed E-state index contributed by atoms with van der Waals surface area (Å²) in [5.41, 5.74) is 4.20. The number of nitrogens with zero attached hydrogens (tertiary/aromatic N) is 2. The normalized spacial score (nSPS) is 12.0. The number of pyridine rings is 1. The largest absolute Gasteiger partial charge is 0.480 e. The van der Waals surface area contributed by atoms with Crippen molar-refractivity contribution in [2.45, 2.75) is 31.6 Å². The molecule has 0 saturated carbocycles. The molecule has 0 atom stereocenters. The van der Waals surface area contributed by atoms with Crippen LogP contribution in [0.15, 0.2) is 59.5 Å². The van der Waals surface area contributed by atoms with Gasteiger partial charge in [-0.1, -0.05) is 74.7 Å². The summed E-state index contributed by atoms with van der Waals surface area (Å²) in [6, 6.07) is 16.2. The molecule has 4 rings (SSSR count). The third kappa shape index (κ3) is 4.49. The first-order valence-corrected chi connectivity index (χ1v) is 12.5. The number of aromatic hydroxyl groups is 1. The molecule has 2 N–H and O–H groups in total. The van der Waals surface area contributed by atoms with Crippen molar-refractivity contribution in [3.8, 4) is 28.4 Å².